The molecule has 22 heavy (non-hydrogen) atoms. The van der Waals surface area contributed by atoms with E-state index in [4.69, 9.17) is 0 Å². The first-order chi connectivity index (χ1) is 10.7. The number of hydrogen-bond acceptors (Lipinski definition) is 3. The first-order valence-electron chi connectivity index (χ1n) is 8.26. The lowest BCUT2D eigenvalue weighted by atomic mass is 10.1. The van der Waals surface area contributed by atoms with Gasteiger partial charge in [0.2, 0.25) is 0 Å². The van der Waals surface area contributed by atoms with Crippen LogP contribution in [0.15, 0.2) is 36.5 Å². The SMILES string of the molecule is CCCCC/C=C/C/C=C/C/C=C/CCCC(C=O)[N+](=O)[O-]. The molecule has 0 saturated heterocycles. The third-order valence-corrected chi connectivity index (χ3v) is 3.32. The van der Waals surface area contributed by atoms with E-state index in [-0.39, 0.29) is 0 Å². The minimum atomic E-state index is -1.04. The highest BCUT2D eigenvalue weighted by Crippen LogP contribution is 2.04. The van der Waals surface area contributed by atoms with E-state index in [1.807, 2.05) is 6.08 Å². The van der Waals surface area contributed by atoms with E-state index in [1.54, 1.807) is 0 Å². The number of hydrogen-bond donors (Lipinski definition) is 0. The summed E-state index contributed by atoms with van der Waals surface area (Å²) in [6.45, 7) is 2.21. The molecule has 0 bridgehead atoms. The number of carbonyl (C=O) groups excluding carboxylic acids is 1. The maximum absolute atomic E-state index is 10.4. The molecule has 0 aliphatic heterocycles. The minimum Gasteiger partial charge on any atom is -0.296 e. The fourth-order valence-electron chi connectivity index (χ4n) is 1.96. The van der Waals surface area contributed by atoms with Crippen LogP contribution in [-0.2, 0) is 4.79 Å². The lowest BCUT2D eigenvalue weighted by Crippen LogP contribution is -2.20. The number of nitro groups is 1. The Kier molecular flexibility index (Phi) is 14.5. The molecule has 1 unspecified atom stereocenters. The number of nitrogens with zero attached hydrogens (tertiary/aromatic N) is 1. The maximum atomic E-state index is 10.4. The largest absolute Gasteiger partial charge is 0.296 e. The molecule has 4 nitrogen and oxygen atoms in total. The Hall–Kier alpha value is -1.71. The summed E-state index contributed by atoms with van der Waals surface area (Å²) in [6, 6.07) is -1.04. The van der Waals surface area contributed by atoms with Crippen LogP contribution >= 0.6 is 0 Å². The van der Waals surface area contributed by atoms with Gasteiger partial charge in [-0.3, -0.25) is 14.9 Å². The van der Waals surface area contributed by atoms with Crippen molar-refractivity contribution in [3.8, 4) is 0 Å². The van der Waals surface area contributed by atoms with Crippen molar-refractivity contribution in [1.29, 1.82) is 0 Å². The van der Waals surface area contributed by atoms with E-state index in [0.717, 1.165) is 19.3 Å². The summed E-state index contributed by atoms with van der Waals surface area (Å²) in [6.07, 6.45) is 21.9. The van der Waals surface area contributed by atoms with E-state index in [2.05, 4.69) is 37.3 Å². The second-order valence-electron chi connectivity index (χ2n) is 5.30. The van der Waals surface area contributed by atoms with Crippen molar-refractivity contribution in [3.63, 3.8) is 0 Å². The molecule has 0 aromatic heterocycles. The topological polar surface area (TPSA) is 60.2 Å². The van der Waals surface area contributed by atoms with Crippen LogP contribution in [0.5, 0.6) is 0 Å². The molecule has 0 aromatic rings. The van der Waals surface area contributed by atoms with Gasteiger partial charge in [0, 0.05) is 11.3 Å². The second kappa shape index (κ2) is 15.7. The highest BCUT2D eigenvalue weighted by atomic mass is 16.6. The molecule has 4 heteroatoms. The van der Waals surface area contributed by atoms with Gasteiger partial charge in [0.15, 0.2) is 6.29 Å². The van der Waals surface area contributed by atoms with Crippen LogP contribution in [0.2, 0.25) is 0 Å². The van der Waals surface area contributed by atoms with Gasteiger partial charge < -0.3 is 0 Å². The predicted octanol–water partition coefficient (Wildman–Crippen LogP) is 5.03. The first-order valence-corrected chi connectivity index (χ1v) is 8.26. The molecule has 0 saturated carbocycles. The van der Waals surface area contributed by atoms with Crippen LogP contribution in [0, 0.1) is 10.1 Å². The third kappa shape index (κ3) is 13.3. The number of unbranched alkanes of at least 4 members (excludes halogenated alkanes) is 4. The highest BCUT2D eigenvalue weighted by molar-refractivity contribution is 5.55. The zero-order chi connectivity index (χ0) is 16.5. The van der Waals surface area contributed by atoms with Crippen molar-refractivity contribution in [1.82, 2.24) is 0 Å². The van der Waals surface area contributed by atoms with E-state index in [9.17, 15) is 14.9 Å². The second-order valence-corrected chi connectivity index (χ2v) is 5.30. The average Bonchev–Trinajstić information content (AvgIpc) is 2.51. The van der Waals surface area contributed by atoms with Crippen molar-refractivity contribution in [2.45, 2.75) is 70.8 Å². The van der Waals surface area contributed by atoms with Gasteiger partial charge >= 0.3 is 0 Å². The maximum Gasteiger partial charge on any atom is 0.267 e. The van der Waals surface area contributed by atoms with E-state index in [0.29, 0.717) is 19.1 Å². The molecule has 0 aromatic carbocycles. The normalized spacial score (nSPS) is 13.3. The van der Waals surface area contributed by atoms with E-state index in [1.165, 1.54) is 25.7 Å². The van der Waals surface area contributed by atoms with Crippen molar-refractivity contribution >= 4 is 6.29 Å². The summed E-state index contributed by atoms with van der Waals surface area (Å²) < 4.78 is 0. The van der Waals surface area contributed by atoms with Crippen molar-refractivity contribution in [3.05, 3.63) is 46.6 Å². The molecule has 0 heterocycles. The Morgan fingerprint density at radius 1 is 0.909 bits per heavy atom. The summed E-state index contributed by atoms with van der Waals surface area (Å²) in [5.41, 5.74) is 0. The lowest BCUT2D eigenvalue weighted by molar-refractivity contribution is -0.506. The predicted molar refractivity (Wildman–Crippen MR) is 91.5 cm³/mol. The van der Waals surface area contributed by atoms with Crippen LogP contribution in [0.4, 0.5) is 0 Å². The van der Waals surface area contributed by atoms with Gasteiger partial charge in [-0.2, -0.15) is 0 Å². The number of allylic oxidation sites excluding steroid dienone is 6. The highest BCUT2D eigenvalue weighted by Gasteiger charge is 2.16. The fourth-order valence-corrected chi connectivity index (χ4v) is 1.96. The minimum absolute atomic E-state index is 0.319. The van der Waals surface area contributed by atoms with Gasteiger partial charge in [0.05, 0.1) is 0 Å². The van der Waals surface area contributed by atoms with Crippen molar-refractivity contribution in [2.75, 3.05) is 0 Å². The fraction of sp³-hybridized carbons (Fsp3) is 0.611. The molecule has 0 spiro atoms. The molecule has 0 aliphatic rings. The number of aldehydes is 1. The van der Waals surface area contributed by atoms with Crippen molar-refractivity contribution < 1.29 is 9.72 Å². The molecule has 0 fully saturated rings. The molecule has 0 rings (SSSR count). The molecule has 1 atom stereocenters. The van der Waals surface area contributed by atoms with Crippen molar-refractivity contribution in [2.24, 2.45) is 0 Å². The van der Waals surface area contributed by atoms with Crippen LogP contribution in [0.25, 0.3) is 0 Å². The van der Waals surface area contributed by atoms with Gasteiger partial charge in [-0.15, -0.1) is 0 Å². The lowest BCUT2D eigenvalue weighted by Gasteiger charge is -1.99. The summed E-state index contributed by atoms with van der Waals surface area (Å²) >= 11 is 0. The van der Waals surface area contributed by atoms with Gasteiger partial charge in [-0.05, 0) is 38.5 Å². The third-order valence-electron chi connectivity index (χ3n) is 3.32. The summed E-state index contributed by atoms with van der Waals surface area (Å²) in [5, 5.41) is 10.4. The van der Waals surface area contributed by atoms with Crippen LogP contribution in [0.1, 0.15) is 64.7 Å². The average molecular weight is 307 g/mol. The van der Waals surface area contributed by atoms with Gasteiger partial charge in [0.1, 0.15) is 0 Å². The van der Waals surface area contributed by atoms with Crippen LogP contribution in [-0.4, -0.2) is 17.3 Å². The molecule has 0 aliphatic carbocycles. The summed E-state index contributed by atoms with van der Waals surface area (Å²) in [4.78, 5) is 20.4. The standard InChI is InChI=1S/C18H29NO3/c1-2-3-4-5-6-7-8-9-10-11-12-13-14-15-16-18(17-20)19(21)22/h6-7,9-10,12-13,17-18H,2-5,8,11,14-16H2,1H3/b7-6+,10-9+,13-12+. The van der Waals surface area contributed by atoms with Gasteiger partial charge in [0.25, 0.3) is 6.04 Å². The monoisotopic (exact) mass is 307 g/mol. The Labute approximate surface area is 134 Å². The molecule has 124 valence electrons. The quantitative estimate of drug-likeness (QED) is 0.149. The molecule has 0 amide bonds. The molecular weight excluding hydrogens is 278 g/mol. The van der Waals surface area contributed by atoms with E-state index < -0.39 is 11.0 Å². The number of rotatable bonds is 14. The Balaban J connectivity index is 3.52. The van der Waals surface area contributed by atoms with Gasteiger partial charge in [-0.1, -0.05) is 56.2 Å². The Morgan fingerprint density at radius 2 is 1.45 bits per heavy atom. The summed E-state index contributed by atoms with van der Waals surface area (Å²) in [5.74, 6) is 0. The Bertz CT molecular complexity index is 373. The smallest absolute Gasteiger partial charge is 0.267 e. The van der Waals surface area contributed by atoms with Crippen LogP contribution in [0.3, 0.4) is 0 Å². The zero-order valence-corrected chi connectivity index (χ0v) is 13.7. The molecular formula is C18H29NO3. The molecule has 0 radical (unpaired) electrons. The number of carbonyl (C=O) groups is 1. The summed E-state index contributed by atoms with van der Waals surface area (Å²) in [7, 11) is 0. The Morgan fingerprint density at radius 3 is 1.95 bits per heavy atom. The van der Waals surface area contributed by atoms with Crippen LogP contribution < -0.4 is 0 Å². The van der Waals surface area contributed by atoms with Gasteiger partial charge in [-0.25, -0.2) is 0 Å². The van der Waals surface area contributed by atoms with E-state index >= 15 is 0 Å². The first kappa shape index (κ1) is 20.3. The zero-order valence-electron chi connectivity index (χ0n) is 13.7. The molecule has 0 N–H and O–H groups in total.